The van der Waals surface area contributed by atoms with Gasteiger partial charge in [-0.25, -0.2) is 0 Å². The van der Waals surface area contributed by atoms with E-state index in [0.29, 0.717) is 25.3 Å². The van der Waals surface area contributed by atoms with Crippen LogP contribution in [0.5, 0.6) is 0 Å². The van der Waals surface area contributed by atoms with Gasteiger partial charge in [0.2, 0.25) is 5.91 Å². The first-order valence-electron chi connectivity index (χ1n) is 6.47. The molecule has 0 aliphatic rings. The molecule has 20 heavy (non-hydrogen) atoms. The fourth-order valence-corrected chi connectivity index (χ4v) is 2.63. The van der Waals surface area contributed by atoms with Gasteiger partial charge in [-0.15, -0.1) is 11.3 Å². The van der Waals surface area contributed by atoms with Crippen LogP contribution in [-0.4, -0.2) is 12.5 Å². The smallest absolute Gasteiger partial charge is 0.249 e. The molecule has 2 aromatic rings. The second-order valence-electron chi connectivity index (χ2n) is 4.31. The number of hydrogen-bond acceptors (Lipinski definition) is 4. The Morgan fingerprint density at radius 3 is 2.90 bits per heavy atom. The molecule has 106 valence electrons. The van der Waals surface area contributed by atoms with Crippen LogP contribution in [0, 0.1) is 0 Å². The number of ether oxygens (including phenoxy) is 1. The molecule has 1 aromatic heterocycles. The zero-order chi connectivity index (χ0) is 14.4. The molecule has 4 nitrogen and oxygen atoms in total. The summed E-state index contributed by atoms with van der Waals surface area (Å²) in [7, 11) is 0. The average Bonchev–Trinajstić information content (AvgIpc) is 2.93. The number of nitrogens with one attached hydrogen (secondary N) is 1. The van der Waals surface area contributed by atoms with Gasteiger partial charge in [0.1, 0.15) is 0 Å². The molecule has 3 N–H and O–H groups in total. The summed E-state index contributed by atoms with van der Waals surface area (Å²) in [6, 6.07) is 9.88. The molecule has 0 saturated heterocycles. The van der Waals surface area contributed by atoms with Gasteiger partial charge in [-0.3, -0.25) is 4.79 Å². The van der Waals surface area contributed by atoms with Crippen molar-refractivity contribution in [3.05, 3.63) is 51.7 Å². The van der Waals surface area contributed by atoms with Gasteiger partial charge >= 0.3 is 0 Å². The Hall–Kier alpha value is -1.85. The van der Waals surface area contributed by atoms with Crippen molar-refractivity contribution < 1.29 is 9.53 Å². The number of hydrogen-bond donors (Lipinski definition) is 2. The summed E-state index contributed by atoms with van der Waals surface area (Å²) in [5.41, 5.74) is 7.99. The first-order valence-corrected chi connectivity index (χ1v) is 7.35. The van der Waals surface area contributed by atoms with E-state index in [4.69, 9.17) is 10.5 Å². The van der Waals surface area contributed by atoms with Gasteiger partial charge < -0.3 is 15.8 Å². The lowest BCUT2D eigenvalue weighted by molar-refractivity contribution is 0.100. The van der Waals surface area contributed by atoms with Gasteiger partial charge in [0, 0.05) is 34.7 Å². The number of benzene rings is 1. The van der Waals surface area contributed by atoms with Crippen LogP contribution in [0.2, 0.25) is 0 Å². The molecule has 0 atom stereocenters. The molecule has 1 heterocycles. The van der Waals surface area contributed by atoms with E-state index >= 15 is 0 Å². The molecule has 0 aliphatic carbocycles. The van der Waals surface area contributed by atoms with E-state index in [-0.39, 0.29) is 5.91 Å². The Morgan fingerprint density at radius 2 is 2.20 bits per heavy atom. The van der Waals surface area contributed by atoms with Crippen molar-refractivity contribution in [3.63, 3.8) is 0 Å². The van der Waals surface area contributed by atoms with Crippen molar-refractivity contribution in [2.45, 2.75) is 20.1 Å². The Bertz CT molecular complexity index is 581. The standard InChI is InChI=1S/C15H18N2O2S/c1-2-19-9-11-5-3-4-6-14(11)17-8-13-7-12(10-20-13)15(16)18/h3-7,10,17H,2,8-9H2,1H3,(H2,16,18). The number of nitrogens with two attached hydrogens (primary N) is 1. The zero-order valence-corrected chi connectivity index (χ0v) is 12.2. The van der Waals surface area contributed by atoms with Crippen LogP contribution < -0.4 is 11.1 Å². The molecular formula is C15H18N2O2S. The monoisotopic (exact) mass is 290 g/mol. The fraction of sp³-hybridized carbons (Fsp3) is 0.267. The maximum atomic E-state index is 11.1. The summed E-state index contributed by atoms with van der Waals surface area (Å²) in [5, 5.41) is 5.15. The number of thiophene rings is 1. The lowest BCUT2D eigenvalue weighted by Crippen LogP contribution is -2.09. The van der Waals surface area contributed by atoms with Gasteiger partial charge in [0.15, 0.2) is 0 Å². The van der Waals surface area contributed by atoms with Crippen molar-refractivity contribution in [2.75, 3.05) is 11.9 Å². The summed E-state index contributed by atoms with van der Waals surface area (Å²) >= 11 is 1.53. The summed E-state index contributed by atoms with van der Waals surface area (Å²) in [4.78, 5) is 12.1. The minimum Gasteiger partial charge on any atom is -0.380 e. The third-order valence-electron chi connectivity index (χ3n) is 2.87. The van der Waals surface area contributed by atoms with Crippen LogP contribution in [0.15, 0.2) is 35.7 Å². The molecule has 0 spiro atoms. The van der Waals surface area contributed by atoms with Crippen molar-refractivity contribution in [1.82, 2.24) is 0 Å². The van der Waals surface area contributed by atoms with Crippen LogP contribution in [0.1, 0.15) is 27.7 Å². The number of anilines is 1. The number of carbonyl (C=O) groups is 1. The SMILES string of the molecule is CCOCc1ccccc1NCc1cc(C(N)=O)cs1. The molecule has 0 aliphatic heterocycles. The lowest BCUT2D eigenvalue weighted by atomic mass is 10.2. The number of amides is 1. The van der Waals surface area contributed by atoms with Crippen molar-refractivity contribution >= 4 is 22.9 Å². The van der Waals surface area contributed by atoms with Crippen LogP contribution >= 0.6 is 11.3 Å². The Morgan fingerprint density at radius 1 is 1.40 bits per heavy atom. The van der Waals surface area contributed by atoms with Crippen LogP contribution in [0.4, 0.5) is 5.69 Å². The quantitative estimate of drug-likeness (QED) is 0.824. The van der Waals surface area contributed by atoms with Gasteiger partial charge in [-0.1, -0.05) is 18.2 Å². The molecule has 5 heteroatoms. The van der Waals surface area contributed by atoms with E-state index in [2.05, 4.69) is 5.32 Å². The zero-order valence-electron chi connectivity index (χ0n) is 11.4. The molecule has 1 aromatic carbocycles. The van der Waals surface area contributed by atoms with Gasteiger partial charge in [-0.05, 0) is 19.1 Å². The van der Waals surface area contributed by atoms with E-state index in [1.807, 2.05) is 37.3 Å². The third-order valence-corrected chi connectivity index (χ3v) is 3.81. The topological polar surface area (TPSA) is 64.3 Å². The summed E-state index contributed by atoms with van der Waals surface area (Å²) < 4.78 is 5.45. The summed E-state index contributed by atoms with van der Waals surface area (Å²) in [6.45, 7) is 3.94. The second-order valence-corrected chi connectivity index (χ2v) is 5.31. The average molecular weight is 290 g/mol. The molecule has 2 rings (SSSR count). The Balaban J connectivity index is 2.00. The molecule has 0 bridgehead atoms. The summed E-state index contributed by atoms with van der Waals surface area (Å²) in [6.07, 6.45) is 0. The highest BCUT2D eigenvalue weighted by Crippen LogP contribution is 2.20. The molecular weight excluding hydrogens is 272 g/mol. The predicted molar refractivity (Wildman–Crippen MR) is 81.9 cm³/mol. The van der Waals surface area contributed by atoms with E-state index in [9.17, 15) is 4.79 Å². The van der Waals surface area contributed by atoms with Crippen molar-refractivity contribution in [1.29, 1.82) is 0 Å². The van der Waals surface area contributed by atoms with Gasteiger partial charge in [0.05, 0.1) is 12.2 Å². The minimum atomic E-state index is -0.385. The van der Waals surface area contributed by atoms with Crippen LogP contribution in [-0.2, 0) is 17.9 Å². The van der Waals surface area contributed by atoms with E-state index in [1.54, 1.807) is 5.38 Å². The predicted octanol–water partition coefficient (Wildman–Crippen LogP) is 3.00. The maximum absolute atomic E-state index is 11.1. The van der Waals surface area contributed by atoms with Crippen molar-refractivity contribution in [3.8, 4) is 0 Å². The van der Waals surface area contributed by atoms with Gasteiger partial charge in [-0.2, -0.15) is 0 Å². The highest BCUT2D eigenvalue weighted by Gasteiger charge is 2.06. The number of carbonyl (C=O) groups excluding carboxylic acids is 1. The minimum absolute atomic E-state index is 0.385. The maximum Gasteiger partial charge on any atom is 0.249 e. The highest BCUT2D eigenvalue weighted by atomic mass is 32.1. The second kappa shape index (κ2) is 7.07. The molecule has 0 saturated carbocycles. The number of para-hydroxylation sites is 1. The molecule has 1 amide bonds. The molecule has 0 fully saturated rings. The largest absolute Gasteiger partial charge is 0.380 e. The highest BCUT2D eigenvalue weighted by molar-refractivity contribution is 7.10. The van der Waals surface area contributed by atoms with Crippen LogP contribution in [0.25, 0.3) is 0 Å². The first-order chi connectivity index (χ1) is 9.70. The Labute approximate surface area is 122 Å². The molecule has 0 unspecified atom stereocenters. The third kappa shape index (κ3) is 3.82. The van der Waals surface area contributed by atoms with Crippen LogP contribution in [0.3, 0.4) is 0 Å². The van der Waals surface area contributed by atoms with Gasteiger partial charge in [0.25, 0.3) is 0 Å². The van der Waals surface area contributed by atoms with Crippen molar-refractivity contribution in [2.24, 2.45) is 5.73 Å². The van der Waals surface area contributed by atoms with E-state index in [0.717, 1.165) is 16.1 Å². The summed E-state index contributed by atoms with van der Waals surface area (Å²) in [5.74, 6) is -0.385. The lowest BCUT2D eigenvalue weighted by Gasteiger charge is -2.11. The first kappa shape index (κ1) is 14.6. The number of primary amides is 1. The van der Waals surface area contributed by atoms with E-state index in [1.165, 1.54) is 11.3 Å². The fourth-order valence-electron chi connectivity index (χ4n) is 1.82. The van der Waals surface area contributed by atoms with E-state index < -0.39 is 0 Å². The molecule has 0 radical (unpaired) electrons. The Kier molecular flexibility index (Phi) is 5.15. The number of rotatable bonds is 7. The normalized spacial score (nSPS) is 10.4.